The maximum absolute atomic E-state index is 12.7. The van der Waals surface area contributed by atoms with Crippen LogP contribution in [0.2, 0.25) is 0 Å². The second-order valence-electron chi connectivity index (χ2n) is 11.6. The first-order valence-electron chi connectivity index (χ1n) is 15.1. The lowest BCUT2D eigenvalue weighted by Gasteiger charge is -2.12. The first-order valence-corrected chi connectivity index (χ1v) is 16.0. The van der Waals surface area contributed by atoms with Gasteiger partial charge in [0, 0.05) is 11.1 Å². The molecule has 0 fully saturated rings. The van der Waals surface area contributed by atoms with Crippen LogP contribution >= 0.6 is 11.3 Å². The Morgan fingerprint density at radius 1 is 0.569 bits per heavy atom. The van der Waals surface area contributed by atoms with Gasteiger partial charge in [-0.25, -0.2) is 0 Å². The molecule has 0 aliphatic heterocycles. The molecule has 0 N–H and O–H groups in total. The number of rotatable bonds is 10. The molecule has 2 aromatic heterocycles. The molecular weight excluding hydrogens is 702 g/mol. The third-order valence-corrected chi connectivity index (χ3v) is 8.01. The molecule has 0 amide bonds. The highest BCUT2D eigenvalue weighted by molar-refractivity contribution is 7.12. The molecule has 51 heavy (non-hydrogen) atoms. The zero-order valence-corrected chi connectivity index (χ0v) is 29.2. The minimum atomic E-state index is -4.97. The summed E-state index contributed by atoms with van der Waals surface area (Å²) in [6, 6.07) is 13.4. The summed E-state index contributed by atoms with van der Waals surface area (Å²) in [6.45, 7) is 11.7. The van der Waals surface area contributed by atoms with Crippen molar-refractivity contribution in [1.82, 2.24) is 0 Å². The number of carbonyl (C=O) groups excluding carboxylic acids is 6. The molecule has 4 rings (SSSR count). The third kappa shape index (κ3) is 12.7. The minimum absolute atomic E-state index is 0.0739. The Hall–Kier alpha value is -4.98. The summed E-state index contributed by atoms with van der Waals surface area (Å²) in [5.74, 6) is -6.27. The molecule has 0 aliphatic rings. The van der Waals surface area contributed by atoms with Crippen LogP contribution in [0.3, 0.4) is 0 Å². The fourth-order valence-corrected chi connectivity index (χ4v) is 5.77. The highest BCUT2D eigenvalue weighted by Crippen LogP contribution is 2.23. The van der Waals surface area contributed by atoms with Gasteiger partial charge in [-0.3, -0.25) is 28.8 Å². The van der Waals surface area contributed by atoms with Crippen LogP contribution in [0, 0.1) is 41.5 Å². The van der Waals surface area contributed by atoms with Gasteiger partial charge in [0.1, 0.15) is 0 Å². The van der Waals surface area contributed by atoms with Crippen LogP contribution in [0.15, 0.2) is 64.6 Å². The summed E-state index contributed by atoms with van der Waals surface area (Å²) >= 11 is 1.01. The third-order valence-electron chi connectivity index (χ3n) is 7.10. The second kappa shape index (κ2) is 17.8. The molecular formula is C37H34F6O7S. The van der Waals surface area contributed by atoms with E-state index in [1.165, 1.54) is 24.3 Å². The lowest BCUT2D eigenvalue weighted by atomic mass is 9.90. The molecule has 7 nitrogen and oxygen atoms in total. The molecule has 0 saturated carbocycles. The van der Waals surface area contributed by atoms with E-state index in [0.29, 0.717) is 11.1 Å². The van der Waals surface area contributed by atoms with E-state index in [1.807, 2.05) is 65.8 Å². The smallest absolute Gasteiger partial charge is 0.450 e. The van der Waals surface area contributed by atoms with Gasteiger partial charge in [-0.1, -0.05) is 41.5 Å². The van der Waals surface area contributed by atoms with E-state index in [9.17, 15) is 55.1 Å². The topological polar surface area (TPSA) is 116 Å². The van der Waals surface area contributed by atoms with Crippen molar-refractivity contribution in [1.29, 1.82) is 0 Å². The van der Waals surface area contributed by atoms with Gasteiger partial charge in [0.15, 0.2) is 23.1 Å². The van der Waals surface area contributed by atoms with Gasteiger partial charge in [-0.15, -0.1) is 11.3 Å². The minimum Gasteiger partial charge on any atom is -0.461 e. The number of alkyl halides is 6. The Morgan fingerprint density at radius 2 is 0.980 bits per heavy atom. The molecule has 272 valence electrons. The van der Waals surface area contributed by atoms with Gasteiger partial charge in [0.25, 0.3) is 0 Å². The van der Waals surface area contributed by atoms with Crippen molar-refractivity contribution in [3.8, 4) is 0 Å². The summed E-state index contributed by atoms with van der Waals surface area (Å²) in [7, 11) is 0. The number of hydrogen-bond acceptors (Lipinski definition) is 8. The van der Waals surface area contributed by atoms with E-state index in [4.69, 9.17) is 0 Å². The van der Waals surface area contributed by atoms with Gasteiger partial charge in [-0.05, 0) is 87.4 Å². The molecule has 0 unspecified atom stereocenters. The van der Waals surface area contributed by atoms with Gasteiger partial charge in [0.2, 0.25) is 17.3 Å². The number of aryl methyl sites for hydroxylation is 6. The maximum atomic E-state index is 12.7. The molecule has 2 aromatic carbocycles. The predicted molar refractivity (Wildman–Crippen MR) is 178 cm³/mol. The van der Waals surface area contributed by atoms with E-state index in [1.54, 1.807) is 5.38 Å². The van der Waals surface area contributed by atoms with E-state index < -0.39 is 48.3 Å². The van der Waals surface area contributed by atoms with Crippen LogP contribution in [0.5, 0.6) is 0 Å². The number of ketones is 6. The Balaban J connectivity index is 0.000000280. The first kappa shape index (κ1) is 42.2. The largest absolute Gasteiger partial charge is 0.461 e. The average molecular weight is 737 g/mol. The van der Waals surface area contributed by atoms with Crippen LogP contribution in [-0.2, 0) is 9.59 Å². The van der Waals surface area contributed by atoms with Crippen molar-refractivity contribution < 1.29 is 59.5 Å². The fraction of sp³-hybridized carbons (Fsp3) is 0.297. The normalized spacial score (nSPS) is 11.1. The van der Waals surface area contributed by atoms with Gasteiger partial charge >= 0.3 is 12.4 Å². The number of thiophene rings is 1. The number of Topliss-reactive ketones (excluding diaryl/α,β-unsaturated/α-hetero) is 6. The van der Waals surface area contributed by atoms with Crippen molar-refractivity contribution in [2.45, 2.75) is 73.2 Å². The quantitative estimate of drug-likeness (QED) is 0.0905. The number of furan rings is 1. The molecule has 14 heteroatoms. The van der Waals surface area contributed by atoms with Crippen molar-refractivity contribution >= 4 is 46.0 Å². The lowest BCUT2D eigenvalue weighted by Crippen LogP contribution is -2.25. The van der Waals surface area contributed by atoms with E-state index in [-0.39, 0.29) is 28.6 Å². The van der Waals surface area contributed by atoms with Crippen LogP contribution in [0.4, 0.5) is 26.3 Å². The van der Waals surface area contributed by atoms with E-state index >= 15 is 0 Å². The zero-order valence-electron chi connectivity index (χ0n) is 28.4. The SMILES string of the molecule is Cc1cc(C)c(C(=O)CC(=O)c2c(C)cc(C)cc2C)c(C)c1.O=C(CC(=O)C(F)(F)F)c1ccco1.O=C(CC(=O)C(F)(F)F)c1cccs1. The van der Waals surface area contributed by atoms with E-state index in [0.717, 1.165) is 51.0 Å². The first-order chi connectivity index (χ1) is 23.5. The summed E-state index contributed by atoms with van der Waals surface area (Å²) in [6.07, 6.45) is -11.1. The van der Waals surface area contributed by atoms with Crippen LogP contribution in [0.1, 0.15) is 93.6 Å². The highest BCUT2D eigenvalue weighted by Gasteiger charge is 2.40. The lowest BCUT2D eigenvalue weighted by molar-refractivity contribution is -0.170. The molecule has 0 aliphatic carbocycles. The van der Waals surface area contributed by atoms with Crippen LogP contribution in [0.25, 0.3) is 0 Å². The van der Waals surface area contributed by atoms with Crippen molar-refractivity contribution in [3.05, 3.63) is 115 Å². The Kier molecular flexibility index (Phi) is 14.7. The summed E-state index contributed by atoms with van der Waals surface area (Å²) in [4.78, 5) is 68.3. The molecule has 0 spiro atoms. The summed E-state index contributed by atoms with van der Waals surface area (Å²) in [5, 5.41) is 1.56. The molecule has 2 heterocycles. The summed E-state index contributed by atoms with van der Waals surface area (Å²) < 4.78 is 75.0. The van der Waals surface area contributed by atoms with Gasteiger partial charge in [-0.2, -0.15) is 26.3 Å². The van der Waals surface area contributed by atoms with E-state index in [2.05, 4.69) is 4.42 Å². The monoisotopic (exact) mass is 736 g/mol. The van der Waals surface area contributed by atoms with Gasteiger partial charge < -0.3 is 4.42 Å². The predicted octanol–water partition coefficient (Wildman–Crippen LogP) is 9.43. The average Bonchev–Trinajstić information content (AvgIpc) is 3.71. The standard InChI is InChI=1S/C21H24O2.C8H5F3O3.C8H5F3O2S/c1-12-7-14(3)20(15(4)8-12)18(22)11-19(23)21-16(5)9-13(2)10-17(21)6;2*9-8(10,11)7(13)4-5(12)6-2-1-3-14-6/h7-10H,11H2,1-6H3;2*1-3H,4H2. The summed E-state index contributed by atoms with van der Waals surface area (Å²) in [5.41, 5.74) is 7.41. The Bertz CT molecular complexity index is 1720. The number of halogens is 6. The second-order valence-corrected chi connectivity index (χ2v) is 12.5. The molecule has 0 radical (unpaired) electrons. The molecule has 0 saturated heterocycles. The van der Waals surface area contributed by atoms with Gasteiger partial charge in [0.05, 0.1) is 30.4 Å². The molecule has 0 atom stereocenters. The number of hydrogen-bond donors (Lipinski definition) is 0. The van der Waals surface area contributed by atoms with Crippen LogP contribution in [-0.4, -0.2) is 47.1 Å². The Labute approximate surface area is 293 Å². The van der Waals surface area contributed by atoms with Crippen molar-refractivity contribution in [3.63, 3.8) is 0 Å². The zero-order chi connectivity index (χ0) is 38.8. The van der Waals surface area contributed by atoms with Crippen molar-refractivity contribution in [2.75, 3.05) is 0 Å². The fourth-order valence-electron chi connectivity index (χ4n) is 5.10. The maximum Gasteiger partial charge on any atom is 0.450 e. The number of benzene rings is 2. The highest BCUT2D eigenvalue weighted by atomic mass is 32.1. The van der Waals surface area contributed by atoms with Crippen LogP contribution < -0.4 is 0 Å². The number of carbonyl (C=O) groups is 6. The molecule has 0 bridgehead atoms. The van der Waals surface area contributed by atoms with Crippen molar-refractivity contribution in [2.24, 2.45) is 0 Å². The molecule has 4 aromatic rings. The Morgan fingerprint density at radius 3 is 1.31 bits per heavy atom.